The molecule has 0 aliphatic carbocycles. The Balaban J connectivity index is 2.32. The van der Waals surface area contributed by atoms with E-state index in [1.807, 2.05) is 0 Å². The van der Waals surface area contributed by atoms with E-state index in [4.69, 9.17) is 4.74 Å². The summed E-state index contributed by atoms with van der Waals surface area (Å²) in [4.78, 5) is 10.8. The van der Waals surface area contributed by atoms with E-state index in [0.29, 0.717) is 6.61 Å². The van der Waals surface area contributed by atoms with Crippen molar-refractivity contribution >= 4 is 5.91 Å². The van der Waals surface area contributed by atoms with E-state index in [2.05, 4.69) is 5.32 Å². The van der Waals surface area contributed by atoms with Crippen LogP contribution < -0.4 is 5.32 Å². The van der Waals surface area contributed by atoms with Gasteiger partial charge in [-0.05, 0) is 6.42 Å². The van der Waals surface area contributed by atoms with Gasteiger partial charge < -0.3 is 10.1 Å². The number of carbonyl (C=O) groups is 1. The first-order valence-electron chi connectivity index (χ1n) is 3.14. The second-order valence-electron chi connectivity index (χ2n) is 2.17. The summed E-state index contributed by atoms with van der Waals surface area (Å²) in [6.07, 6.45) is 0.875. The first kappa shape index (κ1) is 6.55. The summed E-state index contributed by atoms with van der Waals surface area (Å²) >= 11 is 0. The molecular weight excluding hydrogens is 118 g/mol. The molecule has 0 radical (unpaired) electrons. The molecule has 3 heteroatoms. The van der Waals surface area contributed by atoms with E-state index in [-0.39, 0.29) is 11.8 Å². The van der Waals surface area contributed by atoms with Gasteiger partial charge in [-0.25, -0.2) is 0 Å². The van der Waals surface area contributed by atoms with Crippen molar-refractivity contribution in [3.63, 3.8) is 0 Å². The van der Waals surface area contributed by atoms with Crippen LogP contribution in [0.3, 0.4) is 0 Å². The van der Waals surface area contributed by atoms with Crippen molar-refractivity contribution < 1.29 is 9.53 Å². The molecule has 9 heavy (non-hydrogen) atoms. The third-order valence-corrected chi connectivity index (χ3v) is 1.55. The smallest absolute Gasteiger partial charge is 0.225 e. The van der Waals surface area contributed by atoms with Gasteiger partial charge in [-0.2, -0.15) is 0 Å². The van der Waals surface area contributed by atoms with Crippen LogP contribution in [-0.2, 0) is 9.53 Å². The topological polar surface area (TPSA) is 38.3 Å². The van der Waals surface area contributed by atoms with Crippen molar-refractivity contribution in [1.82, 2.24) is 5.32 Å². The number of carbonyl (C=O) groups excluding carboxylic acids is 1. The van der Waals surface area contributed by atoms with Gasteiger partial charge in [0.05, 0.1) is 12.5 Å². The Bertz CT molecular complexity index is 108. The Labute approximate surface area is 54.4 Å². The zero-order valence-electron chi connectivity index (χ0n) is 5.52. The Morgan fingerprint density at radius 3 is 3.00 bits per heavy atom. The Hall–Kier alpha value is -0.570. The predicted octanol–water partition coefficient (Wildman–Crippen LogP) is -0.231. The molecule has 3 nitrogen and oxygen atoms in total. The molecule has 1 atom stereocenters. The Morgan fingerprint density at radius 1 is 1.78 bits per heavy atom. The first-order valence-corrected chi connectivity index (χ1v) is 3.14. The third-order valence-electron chi connectivity index (χ3n) is 1.55. The highest BCUT2D eigenvalue weighted by Gasteiger charge is 2.21. The van der Waals surface area contributed by atoms with Crippen molar-refractivity contribution in [3.05, 3.63) is 0 Å². The van der Waals surface area contributed by atoms with Gasteiger partial charge in [0.2, 0.25) is 5.91 Å². The lowest BCUT2D eigenvalue weighted by Gasteiger charge is -2.02. The fourth-order valence-corrected chi connectivity index (χ4v) is 0.945. The van der Waals surface area contributed by atoms with Crippen molar-refractivity contribution in [2.45, 2.75) is 6.42 Å². The molecule has 0 aromatic rings. The number of hydrogen-bond donors (Lipinski definition) is 1. The van der Waals surface area contributed by atoms with Crippen LogP contribution in [0.25, 0.3) is 0 Å². The normalized spacial score (nSPS) is 26.1. The van der Waals surface area contributed by atoms with E-state index in [1.54, 1.807) is 7.05 Å². The monoisotopic (exact) mass is 129 g/mol. The van der Waals surface area contributed by atoms with Gasteiger partial charge in [0.15, 0.2) is 0 Å². The summed E-state index contributed by atoms with van der Waals surface area (Å²) < 4.78 is 5.02. The standard InChI is InChI=1S/C6H11NO2/c1-7-6(8)5-2-3-9-4-5/h5H,2-4H2,1H3,(H,7,8)/t5-/m0/s1. The lowest BCUT2D eigenvalue weighted by molar-refractivity contribution is -0.124. The van der Waals surface area contributed by atoms with Crippen molar-refractivity contribution in [1.29, 1.82) is 0 Å². The van der Waals surface area contributed by atoms with Gasteiger partial charge in [-0.3, -0.25) is 4.79 Å². The minimum Gasteiger partial charge on any atom is -0.381 e. The lowest BCUT2D eigenvalue weighted by Crippen LogP contribution is -2.27. The maximum Gasteiger partial charge on any atom is 0.225 e. The van der Waals surface area contributed by atoms with Crippen LogP contribution in [0.15, 0.2) is 0 Å². The van der Waals surface area contributed by atoms with Crippen LogP contribution in [-0.4, -0.2) is 26.2 Å². The van der Waals surface area contributed by atoms with Crippen LogP contribution >= 0.6 is 0 Å². The quantitative estimate of drug-likeness (QED) is 0.531. The molecule has 1 aliphatic heterocycles. The summed E-state index contributed by atoms with van der Waals surface area (Å²) in [7, 11) is 1.65. The van der Waals surface area contributed by atoms with Crippen molar-refractivity contribution in [2.24, 2.45) is 5.92 Å². The van der Waals surface area contributed by atoms with Crippen molar-refractivity contribution in [2.75, 3.05) is 20.3 Å². The molecule has 0 spiro atoms. The number of amides is 1. The highest BCUT2D eigenvalue weighted by molar-refractivity contribution is 5.78. The van der Waals surface area contributed by atoms with E-state index in [0.717, 1.165) is 13.0 Å². The molecule has 0 saturated carbocycles. The maximum atomic E-state index is 10.8. The van der Waals surface area contributed by atoms with E-state index < -0.39 is 0 Å². The molecule has 0 bridgehead atoms. The zero-order chi connectivity index (χ0) is 6.69. The molecule has 1 aliphatic rings. The molecule has 1 N–H and O–H groups in total. The van der Waals surface area contributed by atoms with Crippen LogP contribution in [0.5, 0.6) is 0 Å². The van der Waals surface area contributed by atoms with Gasteiger partial charge in [-0.1, -0.05) is 0 Å². The summed E-state index contributed by atoms with van der Waals surface area (Å²) in [5, 5.41) is 2.59. The molecule has 1 saturated heterocycles. The second kappa shape index (κ2) is 2.82. The third kappa shape index (κ3) is 1.42. The lowest BCUT2D eigenvalue weighted by atomic mass is 10.1. The molecule has 1 rings (SSSR count). The van der Waals surface area contributed by atoms with Gasteiger partial charge >= 0.3 is 0 Å². The number of hydrogen-bond acceptors (Lipinski definition) is 2. The molecule has 52 valence electrons. The van der Waals surface area contributed by atoms with Crippen LogP contribution in [0.2, 0.25) is 0 Å². The second-order valence-corrected chi connectivity index (χ2v) is 2.17. The van der Waals surface area contributed by atoms with E-state index in [9.17, 15) is 4.79 Å². The average molecular weight is 129 g/mol. The minimum atomic E-state index is 0.104. The van der Waals surface area contributed by atoms with E-state index >= 15 is 0 Å². The number of rotatable bonds is 1. The van der Waals surface area contributed by atoms with Crippen LogP contribution in [0.1, 0.15) is 6.42 Å². The van der Waals surface area contributed by atoms with Crippen LogP contribution in [0.4, 0.5) is 0 Å². The number of nitrogens with one attached hydrogen (secondary N) is 1. The zero-order valence-corrected chi connectivity index (χ0v) is 5.52. The summed E-state index contributed by atoms with van der Waals surface area (Å²) in [6.45, 7) is 1.33. The van der Waals surface area contributed by atoms with E-state index in [1.165, 1.54) is 0 Å². The van der Waals surface area contributed by atoms with Crippen molar-refractivity contribution in [3.8, 4) is 0 Å². The summed E-state index contributed by atoms with van der Waals surface area (Å²) in [6, 6.07) is 0. The summed E-state index contributed by atoms with van der Waals surface area (Å²) in [5.41, 5.74) is 0. The SMILES string of the molecule is CNC(=O)[C@H]1CCOC1. The highest BCUT2D eigenvalue weighted by atomic mass is 16.5. The van der Waals surface area contributed by atoms with Gasteiger partial charge in [-0.15, -0.1) is 0 Å². The molecule has 0 aromatic carbocycles. The maximum absolute atomic E-state index is 10.8. The van der Waals surface area contributed by atoms with Gasteiger partial charge in [0.1, 0.15) is 0 Å². The highest BCUT2D eigenvalue weighted by Crippen LogP contribution is 2.11. The Kier molecular flexibility index (Phi) is 2.05. The molecular formula is C6H11NO2. The number of ether oxygens (including phenoxy) is 1. The van der Waals surface area contributed by atoms with Crippen LogP contribution in [0, 0.1) is 5.92 Å². The summed E-state index contributed by atoms with van der Waals surface area (Å²) in [5.74, 6) is 0.211. The fourth-order valence-electron chi connectivity index (χ4n) is 0.945. The molecule has 1 heterocycles. The molecule has 1 amide bonds. The molecule has 0 unspecified atom stereocenters. The van der Waals surface area contributed by atoms with Gasteiger partial charge in [0, 0.05) is 13.7 Å². The molecule has 1 fully saturated rings. The predicted molar refractivity (Wildman–Crippen MR) is 33.0 cm³/mol. The largest absolute Gasteiger partial charge is 0.381 e. The average Bonchev–Trinajstić information content (AvgIpc) is 2.37. The van der Waals surface area contributed by atoms with Gasteiger partial charge in [0.25, 0.3) is 0 Å². The fraction of sp³-hybridized carbons (Fsp3) is 0.833. The minimum absolute atomic E-state index is 0.104. The molecule has 0 aromatic heterocycles. The Morgan fingerprint density at radius 2 is 2.56 bits per heavy atom. The first-order chi connectivity index (χ1) is 4.34.